The average Bonchev–Trinajstić information content (AvgIpc) is 2.57. The smallest absolute Gasteiger partial charge is 0.0436 e. The van der Waals surface area contributed by atoms with Crippen LogP contribution in [0.3, 0.4) is 0 Å². The molecule has 0 spiro atoms. The van der Waals surface area contributed by atoms with Crippen molar-refractivity contribution in [3.63, 3.8) is 0 Å². The molecule has 0 aliphatic carbocycles. The van der Waals surface area contributed by atoms with E-state index in [-0.39, 0.29) is 6.61 Å². The zero-order valence-electron chi connectivity index (χ0n) is 8.23. The second kappa shape index (κ2) is 5.37. The Kier molecular flexibility index (Phi) is 4.42. The van der Waals surface area contributed by atoms with Crippen LogP contribution in [0.4, 0.5) is 0 Å². The molecule has 0 saturated carbocycles. The van der Waals surface area contributed by atoms with E-state index in [1.165, 1.54) is 4.88 Å². The van der Waals surface area contributed by atoms with Gasteiger partial charge in [0, 0.05) is 17.5 Å². The maximum Gasteiger partial charge on any atom is 0.0436 e. The molecule has 0 amide bonds. The molecule has 1 aromatic rings. The van der Waals surface area contributed by atoms with Gasteiger partial charge in [-0.05, 0) is 38.4 Å². The van der Waals surface area contributed by atoms with Gasteiger partial charge in [-0.2, -0.15) is 0 Å². The predicted octanol–water partition coefficient (Wildman–Crippen LogP) is 2.12. The van der Waals surface area contributed by atoms with Gasteiger partial charge in [0.25, 0.3) is 0 Å². The molecule has 0 saturated heterocycles. The third-order valence-corrected chi connectivity index (χ3v) is 3.10. The highest BCUT2D eigenvalue weighted by Gasteiger charge is 2.13. The van der Waals surface area contributed by atoms with E-state index in [1.54, 1.807) is 11.3 Å². The zero-order chi connectivity index (χ0) is 9.68. The fraction of sp³-hybridized carbons (Fsp3) is 0.600. The van der Waals surface area contributed by atoms with Crippen LogP contribution in [0.5, 0.6) is 0 Å². The van der Waals surface area contributed by atoms with Crippen LogP contribution in [0.25, 0.3) is 0 Å². The lowest BCUT2D eigenvalue weighted by Crippen LogP contribution is -2.19. The van der Waals surface area contributed by atoms with Crippen molar-refractivity contribution in [2.24, 2.45) is 0 Å². The molecule has 1 atom stereocenters. The van der Waals surface area contributed by atoms with E-state index in [9.17, 15) is 0 Å². The number of thiophene rings is 1. The Morgan fingerprint density at radius 1 is 1.54 bits per heavy atom. The standard InChI is InChI=1S/C10H17NOS/c1-11(2)9(5-3-7-12)10-6-4-8-13-10/h4,6,8-9,12H,3,5,7H2,1-2H3. The lowest BCUT2D eigenvalue weighted by molar-refractivity contribution is 0.237. The second-order valence-corrected chi connectivity index (χ2v) is 4.34. The highest BCUT2D eigenvalue weighted by Crippen LogP contribution is 2.26. The molecule has 13 heavy (non-hydrogen) atoms. The van der Waals surface area contributed by atoms with Gasteiger partial charge in [-0.1, -0.05) is 6.07 Å². The molecule has 1 heterocycles. The minimum atomic E-state index is 0.287. The molecule has 1 rings (SSSR count). The minimum absolute atomic E-state index is 0.287. The van der Waals surface area contributed by atoms with Crippen LogP contribution in [0.1, 0.15) is 23.8 Å². The molecule has 1 aromatic heterocycles. The zero-order valence-corrected chi connectivity index (χ0v) is 9.05. The third kappa shape index (κ3) is 3.10. The quantitative estimate of drug-likeness (QED) is 0.785. The molecule has 0 aromatic carbocycles. The number of nitrogens with zero attached hydrogens (tertiary/aromatic N) is 1. The van der Waals surface area contributed by atoms with Crippen LogP contribution in [0.2, 0.25) is 0 Å². The van der Waals surface area contributed by atoms with Crippen molar-refractivity contribution in [2.75, 3.05) is 20.7 Å². The Labute approximate surface area is 83.8 Å². The number of aliphatic hydroxyl groups is 1. The monoisotopic (exact) mass is 199 g/mol. The van der Waals surface area contributed by atoms with E-state index >= 15 is 0 Å². The summed E-state index contributed by atoms with van der Waals surface area (Å²) < 4.78 is 0. The summed E-state index contributed by atoms with van der Waals surface area (Å²) in [6.45, 7) is 0.287. The van der Waals surface area contributed by atoms with Crippen LogP contribution in [-0.4, -0.2) is 30.7 Å². The summed E-state index contributed by atoms with van der Waals surface area (Å²) in [5.41, 5.74) is 0. The maximum atomic E-state index is 8.78. The van der Waals surface area contributed by atoms with Gasteiger partial charge in [0.05, 0.1) is 0 Å². The lowest BCUT2D eigenvalue weighted by Gasteiger charge is -2.22. The van der Waals surface area contributed by atoms with E-state index < -0.39 is 0 Å². The predicted molar refractivity (Wildman–Crippen MR) is 57.1 cm³/mol. The van der Waals surface area contributed by atoms with Gasteiger partial charge in [0.2, 0.25) is 0 Å². The van der Waals surface area contributed by atoms with Crippen molar-refractivity contribution in [1.29, 1.82) is 0 Å². The van der Waals surface area contributed by atoms with Gasteiger partial charge in [-0.3, -0.25) is 0 Å². The molecule has 0 aliphatic heterocycles. The summed E-state index contributed by atoms with van der Waals surface area (Å²) in [7, 11) is 4.17. The van der Waals surface area contributed by atoms with Gasteiger partial charge in [-0.15, -0.1) is 11.3 Å². The van der Waals surface area contributed by atoms with Crippen LogP contribution in [0, 0.1) is 0 Å². The SMILES string of the molecule is CN(C)C(CCCO)c1cccs1. The summed E-state index contributed by atoms with van der Waals surface area (Å²) in [6, 6.07) is 4.70. The van der Waals surface area contributed by atoms with Gasteiger partial charge in [0.15, 0.2) is 0 Å². The normalized spacial score (nSPS) is 13.5. The van der Waals surface area contributed by atoms with Crippen molar-refractivity contribution >= 4 is 11.3 Å². The molecule has 1 unspecified atom stereocenters. The highest BCUT2D eigenvalue weighted by atomic mass is 32.1. The van der Waals surface area contributed by atoms with Gasteiger partial charge < -0.3 is 10.0 Å². The van der Waals surface area contributed by atoms with Crippen molar-refractivity contribution in [3.05, 3.63) is 22.4 Å². The van der Waals surface area contributed by atoms with E-state index in [1.807, 2.05) is 0 Å². The molecular formula is C10H17NOS. The molecule has 0 fully saturated rings. The van der Waals surface area contributed by atoms with Gasteiger partial charge >= 0.3 is 0 Å². The van der Waals surface area contributed by atoms with Crippen LogP contribution in [0.15, 0.2) is 17.5 Å². The van der Waals surface area contributed by atoms with Gasteiger partial charge in [-0.25, -0.2) is 0 Å². The summed E-state index contributed by atoms with van der Waals surface area (Å²) in [5.74, 6) is 0. The lowest BCUT2D eigenvalue weighted by atomic mass is 10.1. The average molecular weight is 199 g/mol. The fourth-order valence-electron chi connectivity index (χ4n) is 1.42. The van der Waals surface area contributed by atoms with E-state index in [4.69, 9.17) is 5.11 Å². The first-order chi connectivity index (χ1) is 6.25. The number of hydrogen-bond donors (Lipinski definition) is 1. The second-order valence-electron chi connectivity index (χ2n) is 3.36. The van der Waals surface area contributed by atoms with Crippen LogP contribution in [-0.2, 0) is 0 Å². The largest absolute Gasteiger partial charge is 0.396 e. The van der Waals surface area contributed by atoms with Crippen molar-refractivity contribution < 1.29 is 5.11 Å². The summed E-state index contributed by atoms with van der Waals surface area (Å²) in [5, 5.41) is 10.9. The Balaban J connectivity index is 2.58. The molecule has 0 bridgehead atoms. The molecular weight excluding hydrogens is 182 g/mol. The molecule has 74 valence electrons. The topological polar surface area (TPSA) is 23.5 Å². The fourth-order valence-corrected chi connectivity index (χ4v) is 2.38. The Bertz CT molecular complexity index is 221. The summed E-state index contributed by atoms with van der Waals surface area (Å²) in [6.07, 6.45) is 1.91. The molecule has 0 aliphatic rings. The van der Waals surface area contributed by atoms with E-state index in [0.717, 1.165) is 12.8 Å². The van der Waals surface area contributed by atoms with Crippen LogP contribution < -0.4 is 0 Å². The summed E-state index contributed by atoms with van der Waals surface area (Å²) in [4.78, 5) is 3.60. The Morgan fingerprint density at radius 2 is 2.31 bits per heavy atom. The van der Waals surface area contributed by atoms with Crippen molar-refractivity contribution in [2.45, 2.75) is 18.9 Å². The highest BCUT2D eigenvalue weighted by molar-refractivity contribution is 7.10. The molecule has 3 heteroatoms. The Morgan fingerprint density at radius 3 is 2.77 bits per heavy atom. The number of hydrogen-bond acceptors (Lipinski definition) is 3. The first kappa shape index (κ1) is 10.7. The minimum Gasteiger partial charge on any atom is -0.396 e. The van der Waals surface area contributed by atoms with E-state index in [0.29, 0.717) is 6.04 Å². The molecule has 2 nitrogen and oxygen atoms in total. The van der Waals surface area contributed by atoms with Crippen molar-refractivity contribution in [3.8, 4) is 0 Å². The Hall–Kier alpha value is -0.380. The maximum absolute atomic E-state index is 8.78. The first-order valence-electron chi connectivity index (χ1n) is 4.56. The van der Waals surface area contributed by atoms with E-state index in [2.05, 4.69) is 36.5 Å². The van der Waals surface area contributed by atoms with Gasteiger partial charge in [0.1, 0.15) is 0 Å². The van der Waals surface area contributed by atoms with Crippen molar-refractivity contribution in [1.82, 2.24) is 4.90 Å². The first-order valence-corrected chi connectivity index (χ1v) is 5.44. The number of aliphatic hydroxyl groups excluding tert-OH is 1. The number of rotatable bonds is 5. The summed E-state index contributed by atoms with van der Waals surface area (Å²) >= 11 is 1.79. The van der Waals surface area contributed by atoms with Crippen LogP contribution >= 0.6 is 11.3 Å². The molecule has 0 radical (unpaired) electrons. The molecule has 1 N–H and O–H groups in total. The third-order valence-electron chi connectivity index (χ3n) is 2.13.